The van der Waals surface area contributed by atoms with Gasteiger partial charge in [-0.25, -0.2) is 4.99 Å². The maximum atomic E-state index is 6.23. The Morgan fingerprint density at radius 2 is 2.08 bits per heavy atom. The first-order valence-electron chi connectivity index (χ1n) is 7.39. The van der Waals surface area contributed by atoms with Crippen LogP contribution in [0.5, 0.6) is 0 Å². The smallest absolute Gasteiger partial charge is 0.191 e. The Morgan fingerprint density at radius 1 is 1.33 bits per heavy atom. The van der Waals surface area contributed by atoms with Gasteiger partial charge in [0, 0.05) is 28.1 Å². The molecular formula is C16H21BrClIN4O. The molecule has 132 valence electrons. The molecule has 0 saturated carbocycles. The Balaban J connectivity index is 0.00000288. The lowest BCUT2D eigenvalue weighted by Crippen LogP contribution is -2.37. The molecule has 0 bridgehead atoms. The number of guanidine groups is 1. The third-order valence-corrected chi connectivity index (χ3v) is 4.23. The van der Waals surface area contributed by atoms with Crippen LogP contribution in [-0.4, -0.2) is 17.7 Å². The van der Waals surface area contributed by atoms with Crippen LogP contribution < -0.4 is 10.6 Å². The van der Waals surface area contributed by atoms with Crippen LogP contribution in [-0.2, 0) is 13.1 Å². The second-order valence-corrected chi connectivity index (χ2v) is 6.41. The maximum Gasteiger partial charge on any atom is 0.191 e. The summed E-state index contributed by atoms with van der Waals surface area (Å²) >= 11 is 9.63. The molecule has 1 aromatic heterocycles. The number of aliphatic imine (C=N–C) groups is 1. The van der Waals surface area contributed by atoms with Crippen molar-refractivity contribution in [1.29, 1.82) is 0 Å². The fraction of sp³-hybridized carbons (Fsp3) is 0.375. The van der Waals surface area contributed by atoms with Crippen LogP contribution in [0.3, 0.4) is 0 Å². The molecule has 1 heterocycles. The van der Waals surface area contributed by atoms with Gasteiger partial charge < -0.3 is 15.2 Å². The lowest BCUT2D eigenvalue weighted by Gasteiger charge is -2.11. The van der Waals surface area contributed by atoms with E-state index < -0.39 is 0 Å². The SMILES string of the molecule is CCNC(=NCc1ccc(Br)cc1Cl)NCc1c(C)noc1C.I. The van der Waals surface area contributed by atoms with Crippen molar-refractivity contribution in [2.24, 2.45) is 4.99 Å². The van der Waals surface area contributed by atoms with E-state index >= 15 is 0 Å². The van der Waals surface area contributed by atoms with E-state index in [1.54, 1.807) is 0 Å². The standard InChI is InChI=1S/C16H20BrClN4O.HI/c1-4-19-16(21-9-14-10(2)22-23-11(14)3)20-8-12-5-6-13(17)7-15(12)18;/h5-7H,4,8-9H2,1-3H3,(H2,19,20,21);1H. The zero-order valence-corrected chi connectivity index (χ0v) is 18.5. The van der Waals surface area contributed by atoms with Crippen LogP contribution in [0.1, 0.15) is 29.5 Å². The lowest BCUT2D eigenvalue weighted by molar-refractivity contribution is 0.392. The number of hydrogen-bond donors (Lipinski definition) is 2. The monoisotopic (exact) mass is 526 g/mol. The van der Waals surface area contributed by atoms with Gasteiger partial charge in [0.25, 0.3) is 0 Å². The molecule has 0 radical (unpaired) electrons. The first-order valence-corrected chi connectivity index (χ1v) is 8.56. The average molecular weight is 528 g/mol. The highest BCUT2D eigenvalue weighted by Crippen LogP contribution is 2.21. The molecular weight excluding hydrogens is 506 g/mol. The minimum absolute atomic E-state index is 0. The molecule has 0 unspecified atom stereocenters. The molecule has 0 aliphatic rings. The molecule has 0 fully saturated rings. The largest absolute Gasteiger partial charge is 0.361 e. The topological polar surface area (TPSA) is 62.5 Å². The van der Waals surface area contributed by atoms with Gasteiger partial charge in [0.05, 0.1) is 12.2 Å². The van der Waals surface area contributed by atoms with E-state index in [1.165, 1.54) is 0 Å². The number of halogens is 3. The molecule has 0 saturated heterocycles. The second kappa shape index (κ2) is 10.2. The fourth-order valence-corrected chi connectivity index (χ4v) is 2.82. The third-order valence-electron chi connectivity index (χ3n) is 3.38. The van der Waals surface area contributed by atoms with Crippen molar-refractivity contribution in [2.45, 2.75) is 33.9 Å². The molecule has 2 N–H and O–H groups in total. The molecule has 5 nitrogen and oxygen atoms in total. The predicted molar refractivity (Wildman–Crippen MR) is 112 cm³/mol. The van der Waals surface area contributed by atoms with Gasteiger partial charge in [-0.3, -0.25) is 0 Å². The highest BCUT2D eigenvalue weighted by Gasteiger charge is 2.09. The zero-order valence-electron chi connectivity index (χ0n) is 13.8. The minimum atomic E-state index is 0. The Morgan fingerprint density at radius 3 is 2.67 bits per heavy atom. The second-order valence-electron chi connectivity index (χ2n) is 5.09. The molecule has 2 rings (SSSR count). The van der Waals surface area contributed by atoms with E-state index in [0.717, 1.165) is 39.6 Å². The van der Waals surface area contributed by atoms with Crippen LogP contribution in [0, 0.1) is 13.8 Å². The van der Waals surface area contributed by atoms with Crippen molar-refractivity contribution in [3.05, 3.63) is 50.3 Å². The van der Waals surface area contributed by atoms with Crippen LogP contribution in [0.2, 0.25) is 5.02 Å². The van der Waals surface area contributed by atoms with E-state index in [9.17, 15) is 0 Å². The van der Waals surface area contributed by atoms with E-state index in [2.05, 4.69) is 36.7 Å². The number of hydrogen-bond acceptors (Lipinski definition) is 3. The number of aromatic nitrogens is 1. The molecule has 0 atom stereocenters. The average Bonchev–Trinajstić information content (AvgIpc) is 2.82. The summed E-state index contributed by atoms with van der Waals surface area (Å²) in [5, 5.41) is 11.2. The van der Waals surface area contributed by atoms with Crippen LogP contribution in [0.25, 0.3) is 0 Å². The summed E-state index contributed by atoms with van der Waals surface area (Å²) in [6, 6.07) is 5.80. The van der Waals surface area contributed by atoms with E-state index in [4.69, 9.17) is 16.1 Å². The summed E-state index contributed by atoms with van der Waals surface area (Å²) < 4.78 is 6.13. The lowest BCUT2D eigenvalue weighted by atomic mass is 10.2. The molecule has 2 aromatic rings. The summed E-state index contributed by atoms with van der Waals surface area (Å²) in [5.74, 6) is 1.55. The Kier molecular flexibility index (Phi) is 9.07. The molecule has 0 aliphatic carbocycles. The van der Waals surface area contributed by atoms with Gasteiger partial charge in [0.1, 0.15) is 5.76 Å². The van der Waals surface area contributed by atoms with Gasteiger partial charge in [-0.05, 0) is 38.5 Å². The summed E-state index contributed by atoms with van der Waals surface area (Å²) in [5.41, 5.74) is 2.92. The Bertz CT molecular complexity index is 686. The minimum Gasteiger partial charge on any atom is -0.361 e. The quantitative estimate of drug-likeness (QED) is 0.340. The van der Waals surface area contributed by atoms with Gasteiger partial charge >= 0.3 is 0 Å². The highest BCUT2D eigenvalue weighted by molar-refractivity contribution is 14.0. The first-order chi connectivity index (χ1) is 11.0. The van der Waals surface area contributed by atoms with Crippen LogP contribution >= 0.6 is 51.5 Å². The van der Waals surface area contributed by atoms with E-state index in [1.807, 2.05) is 39.0 Å². The predicted octanol–water partition coefficient (Wildman–Crippen LogP) is 4.58. The van der Waals surface area contributed by atoms with Crippen molar-refractivity contribution in [3.63, 3.8) is 0 Å². The van der Waals surface area contributed by atoms with E-state index in [0.29, 0.717) is 18.1 Å². The van der Waals surface area contributed by atoms with Gasteiger partial charge in [0.15, 0.2) is 5.96 Å². The number of nitrogens with zero attached hydrogens (tertiary/aromatic N) is 2. The van der Waals surface area contributed by atoms with Crippen LogP contribution in [0.4, 0.5) is 0 Å². The molecule has 0 spiro atoms. The number of benzene rings is 1. The summed E-state index contributed by atoms with van der Waals surface area (Å²) in [6.45, 7) is 7.76. The Hall–Kier alpha value is -0.800. The van der Waals surface area contributed by atoms with E-state index in [-0.39, 0.29) is 24.0 Å². The van der Waals surface area contributed by atoms with Crippen molar-refractivity contribution in [1.82, 2.24) is 15.8 Å². The number of nitrogens with one attached hydrogen (secondary N) is 2. The van der Waals surface area contributed by atoms with Crippen molar-refractivity contribution in [2.75, 3.05) is 6.54 Å². The normalized spacial score (nSPS) is 11.1. The van der Waals surface area contributed by atoms with Gasteiger partial charge in [-0.15, -0.1) is 24.0 Å². The van der Waals surface area contributed by atoms with Gasteiger partial charge in [0.2, 0.25) is 0 Å². The van der Waals surface area contributed by atoms with Crippen molar-refractivity contribution >= 4 is 57.5 Å². The highest BCUT2D eigenvalue weighted by atomic mass is 127. The molecule has 0 aliphatic heterocycles. The maximum absolute atomic E-state index is 6.23. The zero-order chi connectivity index (χ0) is 16.8. The summed E-state index contributed by atoms with van der Waals surface area (Å²) in [6.07, 6.45) is 0. The number of aryl methyl sites for hydroxylation is 2. The summed E-state index contributed by atoms with van der Waals surface area (Å²) in [4.78, 5) is 4.58. The van der Waals surface area contributed by atoms with Gasteiger partial charge in [-0.2, -0.15) is 0 Å². The van der Waals surface area contributed by atoms with Crippen molar-refractivity contribution in [3.8, 4) is 0 Å². The molecule has 24 heavy (non-hydrogen) atoms. The van der Waals surface area contributed by atoms with Crippen LogP contribution in [0.15, 0.2) is 32.2 Å². The molecule has 1 aromatic carbocycles. The molecule has 0 amide bonds. The third kappa shape index (κ3) is 5.93. The number of rotatable bonds is 5. The summed E-state index contributed by atoms with van der Waals surface area (Å²) in [7, 11) is 0. The van der Waals surface area contributed by atoms with Gasteiger partial charge in [-0.1, -0.05) is 38.8 Å². The first kappa shape index (κ1) is 21.2. The molecule has 8 heteroatoms. The Labute approximate surface area is 172 Å². The fourth-order valence-electron chi connectivity index (χ4n) is 2.08. The van der Waals surface area contributed by atoms with Crippen molar-refractivity contribution < 1.29 is 4.52 Å².